The first-order valence-corrected chi connectivity index (χ1v) is 3.56. The van der Waals surface area contributed by atoms with E-state index >= 15 is 0 Å². The quantitative estimate of drug-likeness (QED) is 0.476. The second-order valence-electron chi connectivity index (χ2n) is 2.68. The lowest BCUT2D eigenvalue weighted by Crippen LogP contribution is -2.31. The van der Waals surface area contributed by atoms with Gasteiger partial charge in [-0.3, -0.25) is 0 Å². The number of hydrogen-bond acceptors (Lipinski definition) is 5. The molecule has 2 aromatic rings. The number of imidazole rings is 1. The largest absolute Gasteiger partial charge is 0.382 e. The van der Waals surface area contributed by atoms with Gasteiger partial charge >= 0.3 is 5.69 Å². The third-order valence-electron chi connectivity index (χ3n) is 1.82. The van der Waals surface area contributed by atoms with Crippen LogP contribution in [0.4, 0.5) is 5.82 Å². The number of nitrogen functional groups attached to an aromatic ring is 2. The minimum atomic E-state index is -0.589. The summed E-state index contributed by atoms with van der Waals surface area (Å²) in [6.45, 7) is 0. The van der Waals surface area contributed by atoms with Gasteiger partial charge in [-0.1, -0.05) is 0 Å². The molecule has 0 atom stereocenters. The van der Waals surface area contributed by atoms with Crippen LogP contribution in [0.2, 0.25) is 0 Å². The Labute approximate surface area is 72.6 Å². The van der Waals surface area contributed by atoms with Crippen molar-refractivity contribution in [2.75, 3.05) is 11.6 Å². The number of anilines is 1. The number of fused-ring (bicyclic) bond motifs is 1. The normalized spacial score (nSPS) is 10.8. The summed E-state index contributed by atoms with van der Waals surface area (Å²) >= 11 is 0. The highest BCUT2D eigenvalue weighted by atomic mass is 16.1. The van der Waals surface area contributed by atoms with Crippen LogP contribution in [-0.2, 0) is 7.05 Å². The van der Waals surface area contributed by atoms with Gasteiger partial charge in [0.2, 0.25) is 0 Å². The van der Waals surface area contributed by atoms with Crippen molar-refractivity contribution in [2.24, 2.45) is 7.05 Å². The highest BCUT2D eigenvalue weighted by Gasteiger charge is 2.09. The average molecular weight is 180 g/mol. The Kier molecular flexibility index (Phi) is 1.30. The van der Waals surface area contributed by atoms with Crippen LogP contribution in [0, 0.1) is 0 Å². The number of hydrogen-bond donors (Lipinski definition) is 2. The molecule has 0 aromatic carbocycles. The molecule has 2 heterocycles. The zero-order valence-electron chi connectivity index (χ0n) is 6.93. The molecule has 0 saturated heterocycles. The van der Waals surface area contributed by atoms with Crippen molar-refractivity contribution in [3.05, 3.63) is 16.8 Å². The van der Waals surface area contributed by atoms with Crippen LogP contribution < -0.4 is 17.3 Å². The summed E-state index contributed by atoms with van der Waals surface area (Å²) < 4.78 is 2.38. The van der Waals surface area contributed by atoms with Crippen molar-refractivity contribution in [1.29, 1.82) is 0 Å². The van der Waals surface area contributed by atoms with E-state index in [1.807, 2.05) is 0 Å². The number of nitrogens with two attached hydrogens (primary N) is 2. The molecule has 68 valence electrons. The van der Waals surface area contributed by atoms with E-state index in [2.05, 4.69) is 9.97 Å². The molecule has 0 unspecified atom stereocenters. The zero-order valence-corrected chi connectivity index (χ0v) is 6.93. The molecule has 0 aliphatic rings. The lowest BCUT2D eigenvalue weighted by molar-refractivity contribution is 0.874. The summed E-state index contributed by atoms with van der Waals surface area (Å²) in [5.74, 6) is 5.45. The smallest absolute Gasteiger partial charge is 0.369 e. The van der Waals surface area contributed by atoms with Gasteiger partial charge in [-0.25, -0.2) is 9.78 Å². The Morgan fingerprint density at radius 2 is 2.23 bits per heavy atom. The second kappa shape index (κ2) is 2.22. The van der Waals surface area contributed by atoms with Crippen molar-refractivity contribution >= 4 is 17.0 Å². The van der Waals surface area contributed by atoms with E-state index in [0.29, 0.717) is 11.2 Å². The molecule has 2 aromatic heterocycles. The van der Waals surface area contributed by atoms with E-state index in [1.165, 1.54) is 6.33 Å². The van der Waals surface area contributed by atoms with E-state index in [0.717, 1.165) is 4.68 Å². The molecule has 7 nitrogen and oxygen atoms in total. The third-order valence-corrected chi connectivity index (χ3v) is 1.82. The minimum absolute atomic E-state index is 0.121. The number of rotatable bonds is 0. The van der Waals surface area contributed by atoms with Gasteiger partial charge in [-0.15, -0.1) is 0 Å². The molecule has 0 bridgehead atoms. The first-order valence-electron chi connectivity index (χ1n) is 3.56. The molecule has 0 aliphatic carbocycles. The Balaban J connectivity index is 3.05. The monoisotopic (exact) mass is 180 g/mol. The SMILES string of the molecule is Cn1cnc2c(N)n(N)c(=O)nc21. The van der Waals surface area contributed by atoms with Crippen molar-refractivity contribution in [3.8, 4) is 0 Å². The van der Waals surface area contributed by atoms with Gasteiger partial charge in [0.05, 0.1) is 6.33 Å². The Bertz CT molecular complexity index is 524. The summed E-state index contributed by atoms with van der Waals surface area (Å²) in [6, 6.07) is 0. The Hall–Kier alpha value is -2.05. The lowest BCUT2D eigenvalue weighted by Gasteiger charge is -2.01. The highest BCUT2D eigenvalue weighted by Crippen LogP contribution is 2.11. The zero-order chi connectivity index (χ0) is 9.59. The Morgan fingerprint density at radius 3 is 2.92 bits per heavy atom. The fourth-order valence-corrected chi connectivity index (χ4v) is 1.10. The van der Waals surface area contributed by atoms with E-state index in [9.17, 15) is 4.79 Å². The van der Waals surface area contributed by atoms with Gasteiger partial charge in [-0.2, -0.15) is 9.66 Å². The van der Waals surface area contributed by atoms with Crippen molar-refractivity contribution in [3.63, 3.8) is 0 Å². The molecule has 0 amide bonds. The van der Waals surface area contributed by atoms with Crippen molar-refractivity contribution in [2.45, 2.75) is 0 Å². The summed E-state index contributed by atoms with van der Waals surface area (Å²) in [6.07, 6.45) is 1.52. The van der Waals surface area contributed by atoms with Gasteiger partial charge in [0.1, 0.15) is 5.52 Å². The molecular weight excluding hydrogens is 172 g/mol. The maximum absolute atomic E-state index is 11.1. The molecule has 0 radical (unpaired) electrons. The van der Waals surface area contributed by atoms with Crippen LogP contribution >= 0.6 is 0 Å². The van der Waals surface area contributed by atoms with Gasteiger partial charge < -0.3 is 16.1 Å². The fraction of sp³-hybridized carbons (Fsp3) is 0.167. The maximum Gasteiger partial charge on any atom is 0.369 e. The highest BCUT2D eigenvalue weighted by molar-refractivity contribution is 5.81. The summed E-state index contributed by atoms with van der Waals surface area (Å²) in [4.78, 5) is 18.8. The molecule has 2 rings (SSSR count). The molecule has 0 spiro atoms. The lowest BCUT2D eigenvalue weighted by atomic mass is 10.5. The number of nitrogens with zero attached hydrogens (tertiary/aromatic N) is 4. The molecule has 7 heteroatoms. The minimum Gasteiger partial charge on any atom is -0.382 e. The van der Waals surface area contributed by atoms with Crippen LogP contribution in [0.25, 0.3) is 11.2 Å². The average Bonchev–Trinajstić information content (AvgIpc) is 2.45. The van der Waals surface area contributed by atoms with Crippen LogP contribution in [0.5, 0.6) is 0 Å². The molecule has 4 N–H and O–H groups in total. The molecule has 0 aliphatic heterocycles. The number of aryl methyl sites for hydroxylation is 1. The van der Waals surface area contributed by atoms with Gasteiger partial charge in [0, 0.05) is 7.05 Å². The number of aromatic nitrogens is 4. The summed E-state index contributed by atoms with van der Waals surface area (Å²) in [5, 5.41) is 0. The van der Waals surface area contributed by atoms with Crippen molar-refractivity contribution < 1.29 is 0 Å². The van der Waals surface area contributed by atoms with Crippen molar-refractivity contribution in [1.82, 2.24) is 19.2 Å². The topological polar surface area (TPSA) is 105 Å². The van der Waals surface area contributed by atoms with Crippen LogP contribution in [-0.4, -0.2) is 19.2 Å². The first-order chi connectivity index (χ1) is 6.11. The molecule has 0 fully saturated rings. The van der Waals surface area contributed by atoms with E-state index in [1.54, 1.807) is 11.6 Å². The molecular formula is C6H8N6O. The van der Waals surface area contributed by atoms with E-state index in [4.69, 9.17) is 11.6 Å². The fourth-order valence-electron chi connectivity index (χ4n) is 1.10. The molecule has 0 saturated carbocycles. The third kappa shape index (κ3) is 0.866. The van der Waals surface area contributed by atoms with Crippen LogP contribution in [0.1, 0.15) is 0 Å². The van der Waals surface area contributed by atoms with Crippen LogP contribution in [0.15, 0.2) is 11.1 Å². The first kappa shape index (κ1) is 7.59. The van der Waals surface area contributed by atoms with Crippen LogP contribution in [0.3, 0.4) is 0 Å². The Morgan fingerprint density at radius 1 is 1.54 bits per heavy atom. The molecule has 13 heavy (non-hydrogen) atoms. The summed E-state index contributed by atoms with van der Waals surface area (Å²) in [7, 11) is 1.72. The maximum atomic E-state index is 11.1. The summed E-state index contributed by atoms with van der Waals surface area (Å²) in [5.41, 5.74) is 5.83. The van der Waals surface area contributed by atoms with E-state index in [-0.39, 0.29) is 5.82 Å². The van der Waals surface area contributed by atoms with Gasteiger partial charge in [0.15, 0.2) is 11.5 Å². The predicted octanol–water partition coefficient (Wildman–Crippen LogP) is -1.57. The second-order valence-corrected chi connectivity index (χ2v) is 2.68. The van der Waals surface area contributed by atoms with Gasteiger partial charge in [-0.05, 0) is 0 Å². The van der Waals surface area contributed by atoms with Gasteiger partial charge in [0.25, 0.3) is 0 Å². The predicted molar refractivity (Wildman–Crippen MR) is 47.3 cm³/mol. The van der Waals surface area contributed by atoms with E-state index < -0.39 is 5.69 Å². The standard InChI is InChI=1S/C6H8N6O/c1-11-2-9-3-4(7)12(8)6(13)10-5(3)11/h2H,7-8H2,1H3.